The minimum atomic E-state index is -1.12. The number of esters is 1. The van der Waals surface area contributed by atoms with E-state index < -0.39 is 42.3 Å². The molecule has 2 bridgehead atoms. The van der Waals surface area contributed by atoms with Gasteiger partial charge in [0.05, 0.1) is 11.8 Å². The second-order valence-electron chi connectivity index (χ2n) is 11.0. The molecule has 3 amide bonds. The predicted octanol–water partition coefficient (Wildman–Crippen LogP) is 4.39. The molecule has 0 saturated carbocycles. The Hall–Kier alpha value is -4.26. The highest BCUT2D eigenvalue weighted by Gasteiger charge is 2.63. The van der Waals surface area contributed by atoms with Crippen LogP contribution in [0.4, 0.5) is 5.69 Å². The molecule has 198 valence electrons. The van der Waals surface area contributed by atoms with E-state index in [9.17, 15) is 19.2 Å². The Morgan fingerprint density at radius 2 is 1.26 bits per heavy atom. The van der Waals surface area contributed by atoms with Gasteiger partial charge in [0.1, 0.15) is 6.04 Å². The number of carbonyl (C=O) groups excluding carboxylic acids is 4. The summed E-state index contributed by atoms with van der Waals surface area (Å²) >= 11 is 0. The van der Waals surface area contributed by atoms with E-state index in [-0.39, 0.29) is 23.7 Å². The van der Waals surface area contributed by atoms with Crippen molar-refractivity contribution in [1.29, 1.82) is 0 Å². The number of imide groups is 1. The number of rotatable bonds is 6. The van der Waals surface area contributed by atoms with Crippen LogP contribution in [0.2, 0.25) is 0 Å². The first-order chi connectivity index (χ1) is 18.8. The first kappa shape index (κ1) is 25.0. The summed E-state index contributed by atoms with van der Waals surface area (Å²) in [4.78, 5) is 55.1. The Morgan fingerprint density at radius 1 is 0.795 bits per heavy atom. The van der Waals surface area contributed by atoms with Gasteiger partial charge in [0, 0.05) is 17.5 Å². The molecule has 1 fully saturated rings. The van der Waals surface area contributed by atoms with Gasteiger partial charge < -0.3 is 10.1 Å². The van der Waals surface area contributed by atoms with Gasteiger partial charge in [0.2, 0.25) is 11.8 Å². The van der Waals surface area contributed by atoms with E-state index in [0.29, 0.717) is 5.69 Å². The fourth-order valence-corrected chi connectivity index (χ4v) is 6.77. The SMILES string of the molecule is Cc1ccccc1NC(=O)COC(=O)[C@H](C(C)C)N1C(=O)[C@@H]2C3c4ccccc4C(c4ccccc43)[C@@H]2C1=O. The number of amides is 3. The van der Waals surface area contributed by atoms with Crippen molar-refractivity contribution in [2.75, 3.05) is 11.9 Å². The quantitative estimate of drug-likeness (QED) is 0.383. The van der Waals surface area contributed by atoms with Crippen LogP contribution in [0, 0.1) is 24.7 Å². The predicted molar refractivity (Wildman–Crippen MR) is 145 cm³/mol. The molecule has 3 aromatic carbocycles. The van der Waals surface area contributed by atoms with Gasteiger partial charge in [-0.3, -0.25) is 19.3 Å². The summed E-state index contributed by atoms with van der Waals surface area (Å²) in [5, 5.41) is 2.74. The van der Waals surface area contributed by atoms with Gasteiger partial charge in [-0.2, -0.15) is 0 Å². The molecule has 1 saturated heterocycles. The van der Waals surface area contributed by atoms with E-state index in [0.717, 1.165) is 32.7 Å². The normalized spacial score (nSPS) is 23.2. The molecule has 1 aliphatic heterocycles. The third-order valence-electron chi connectivity index (χ3n) is 8.40. The third-order valence-corrected chi connectivity index (χ3v) is 8.40. The molecule has 7 heteroatoms. The number of para-hydroxylation sites is 1. The fourth-order valence-electron chi connectivity index (χ4n) is 6.77. The maximum atomic E-state index is 14.0. The van der Waals surface area contributed by atoms with E-state index in [1.807, 2.05) is 67.6 Å². The number of ether oxygens (including phenoxy) is 1. The number of hydrogen-bond acceptors (Lipinski definition) is 5. The highest BCUT2D eigenvalue weighted by Crippen LogP contribution is 2.61. The van der Waals surface area contributed by atoms with Crippen LogP contribution in [-0.2, 0) is 23.9 Å². The van der Waals surface area contributed by atoms with Gasteiger partial charge in [-0.05, 0) is 46.7 Å². The average Bonchev–Trinajstić information content (AvgIpc) is 3.19. The van der Waals surface area contributed by atoms with Crippen molar-refractivity contribution in [2.45, 2.75) is 38.6 Å². The van der Waals surface area contributed by atoms with Crippen LogP contribution >= 0.6 is 0 Å². The van der Waals surface area contributed by atoms with Crippen LogP contribution in [0.15, 0.2) is 72.8 Å². The summed E-state index contributed by atoms with van der Waals surface area (Å²) < 4.78 is 5.40. The molecule has 1 heterocycles. The topological polar surface area (TPSA) is 92.8 Å². The number of likely N-dealkylation sites (tertiary alicyclic amines) is 1. The van der Waals surface area contributed by atoms with E-state index >= 15 is 0 Å². The van der Waals surface area contributed by atoms with Crippen molar-refractivity contribution in [3.05, 3.63) is 101 Å². The lowest BCUT2D eigenvalue weighted by atomic mass is 9.55. The standard InChI is InChI=1S/C32H30N2O5/c1-17(2)29(32(38)39-16-24(35)33-23-15-9-4-10-18(23)3)34-30(36)27-25-19-11-5-6-12-20(19)26(28(27)31(34)37)22-14-8-7-13-21(22)25/h4-15,17,25-29H,16H2,1-3H3,(H,33,35)/t25?,26?,27-,28+,29-/m0/s1. The Labute approximate surface area is 227 Å². The van der Waals surface area contributed by atoms with Crippen LogP contribution in [-0.4, -0.2) is 41.2 Å². The molecular weight excluding hydrogens is 492 g/mol. The van der Waals surface area contributed by atoms with Gasteiger partial charge in [-0.15, -0.1) is 0 Å². The second-order valence-corrected chi connectivity index (χ2v) is 11.0. The first-order valence-corrected chi connectivity index (χ1v) is 13.4. The van der Waals surface area contributed by atoms with Crippen LogP contribution in [0.3, 0.4) is 0 Å². The molecule has 0 aromatic heterocycles. The molecule has 3 aromatic rings. The van der Waals surface area contributed by atoms with Crippen molar-refractivity contribution in [3.8, 4) is 0 Å². The van der Waals surface area contributed by atoms with E-state index in [4.69, 9.17) is 4.74 Å². The molecule has 1 N–H and O–H groups in total. The Morgan fingerprint density at radius 3 is 1.72 bits per heavy atom. The fraction of sp³-hybridized carbons (Fsp3) is 0.312. The van der Waals surface area contributed by atoms with Gasteiger partial charge in [-0.25, -0.2) is 4.79 Å². The molecular formula is C32H30N2O5. The lowest BCUT2D eigenvalue weighted by molar-refractivity contribution is -0.162. The number of aryl methyl sites for hydroxylation is 1. The Balaban J connectivity index is 1.27. The molecule has 3 atom stereocenters. The monoisotopic (exact) mass is 522 g/mol. The van der Waals surface area contributed by atoms with E-state index in [1.165, 1.54) is 0 Å². The zero-order valence-corrected chi connectivity index (χ0v) is 22.1. The molecule has 7 nitrogen and oxygen atoms in total. The highest BCUT2D eigenvalue weighted by atomic mass is 16.5. The number of carbonyl (C=O) groups is 4. The number of nitrogens with zero attached hydrogens (tertiary/aromatic N) is 1. The minimum Gasteiger partial charge on any atom is -0.454 e. The van der Waals surface area contributed by atoms with Crippen molar-refractivity contribution in [3.63, 3.8) is 0 Å². The first-order valence-electron chi connectivity index (χ1n) is 13.4. The molecule has 3 aliphatic carbocycles. The van der Waals surface area contributed by atoms with E-state index in [2.05, 4.69) is 5.32 Å². The summed E-state index contributed by atoms with van der Waals surface area (Å²) in [6.07, 6.45) is 0. The number of anilines is 1. The van der Waals surface area contributed by atoms with Crippen LogP contribution < -0.4 is 5.32 Å². The molecule has 0 unspecified atom stereocenters. The van der Waals surface area contributed by atoms with Crippen LogP contribution in [0.25, 0.3) is 0 Å². The van der Waals surface area contributed by atoms with E-state index in [1.54, 1.807) is 26.0 Å². The summed E-state index contributed by atoms with van der Waals surface area (Å²) in [5.74, 6) is -3.99. The summed E-state index contributed by atoms with van der Waals surface area (Å²) in [7, 11) is 0. The molecule has 7 rings (SSSR count). The maximum absolute atomic E-state index is 14.0. The summed E-state index contributed by atoms with van der Waals surface area (Å²) in [6, 6.07) is 22.2. The van der Waals surface area contributed by atoms with Crippen molar-refractivity contribution in [2.24, 2.45) is 17.8 Å². The lowest BCUT2D eigenvalue weighted by Crippen LogP contribution is -2.49. The van der Waals surface area contributed by atoms with Gasteiger partial charge in [-0.1, -0.05) is 80.6 Å². The van der Waals surface area contributed by atoms with Gasteiger partial charge in [0.25, 0.3) is 5.91 Å². The lowest BCUT2D eigenvalue weighted by Gasteiger charge is -2.45. The number of nitrogens with one attached hydrogen (secondary N) is 1. The summed E-state index contributed by atoms with van der Waals surface area (Å²) in [5.41, 5.74) is 5.79. The second kappa shape index (κ2) is 9.49. The average molecular weight is 523 g/mol. The van der Waals surface area contributed by atoms with Gasteiger partial charge >= 0.3 is 5.97 Å². The highest BCUT2D eigenvalue weighted by molar-refractivity contribution is 6.10. The largest absolute Gasteiger partial charge is 0.454 e. The molecule has 0 spiro atoms. The zero-order valence-electron chi connectivity index (χ0n) is 22.1. The van der Waals surface area contributed by atoms with Crippen molar-refractivity contribution in [1.82, 2.24) is 4.90 Å². The zero-order chi connectivity index (χ0) is 27.4. The number of benzene rings is 3. The Kier molecular flexibility index (Phi) is 6.09. The maximum Gasteiger partial charge on any atom is 0.330 e. The van der Waals surface area contributed by atoms with Gasteiger partial charge in [0.15, 0.2) is 6.61 Å². The Bertz CT molecular complexity index is 1400. The molecule has 39 heavy (non-hydrogen) atoms. The van der Waals surface area contributed by atoms with Crippen molar-refractivity contribution < 1.29 is 23.9 Å². The smallest absolute Gasteiger partial charge is 0.330 e. The molecule has 0 radical (unpaired) electrons. The minimum absolute atomic E-state index is 0.252. The number of hydrogen-bond donors (Lipinski definition) is 1. The van der Waals surface area contributed by atoms with Crippen LogP contribution in [0.5, 0.6) is 0 Å². The summed E-state index contributed by atoms with van der Waals surface area (Å²) in [6.45, 7) is 4.91. The van der Waals surface area contributed by atoms with Crippen LogP contribution in [0.1, 0.15) is 53.5 Å². The van der Waals surface area contributed by atoms with Crippen molar-refractivity contribution >= 4 is 29.4 Å². The third kappa shape index (κ3) is 3.87. The molecule has 4 aliphatic rings.